The SMILES string of the molecule is CC(=O)Nc1cccc(C(C)Nc2cc(C)ncn2)c1. The highest BCUT2D eigenvalue weighted by atomic mass is 16.1. The molecule has 1 heterocycles. The normalized spacial score (nSPS) is 11.8. The number of nitrogens with one attached hydrogen (secondary N) is 2. The summed E-state index contributed by atoms with van der Waals surface area (Å²) in [4.78, 5) is 19.3. The summed E-state index contributed by atoms with van der Waals surface area (Å²) >= 11 is 0. The maximum absolute atomic E-state index is 11.1. The minimum Gasteiger partial charge on any atom is -0.363 e. The molecule has 1 aromatic heterocycles. The molecule has 1 aromatic carbocycles. The third-order valence-electron chi connectivity index (χ3n) is 2.88. The Kier molecular flexibility index (Phi) is 4.30. The summed E-state index contributed by atoms with van der Waals surface area (Å²) in [5.41, 5.74) is 2.79. The molecule has 0 spiro atoms. The van der Waals surface area contributed by atoms with Gasteiger partial charge in [0.15, 0.2) is 0 Å². The number of rotatable bonds is 4. The van der Waals surface area contributed by atoms with Crippen molar-refractivity contribution in [2.75, 3.05) is 10.6 Å². The van der Waals surface area contributed by atoms with Crippen molar-refractivity contribution in [3.8, 4) is 0 Å². The van der Waals surface area contributed by atoms with Crippen molar-refractivity contribution >= 4 is 17.4 Å². The van der Waals surface area contributed by atoms with Crippen LogP contribution in [0.4, 0.5) is 11.5 Å². The Morgan fingerprint density at radius 3 is 2.75 bits per heavy atom. The topological polar surface area (TPSA) is 66.9 Å². The number of anilines is 2. The van der Waals surface area contributed by atoms with Crippen molar-refractivity contribution < 1.29 is 4.79 Å². The van der Waals surface area contributed by atoms with Gasteiger partial charge in [0.05, 0.1) is 6.04 Å². The van der Waals surface area contributed by atoms with Crippen LogP contribution in [0, 0.1) is 6.92 Å². The minimum absolute atomic E-state index is 0.0748. The van der Waals surface area contributed by atoms with Gasteiger partial charge in [-0.3, -0.25) is 4.79 Å². The Balaban J connectivity index is 2.12. The van der Waals surface area contributed by atoms with E-state index < -0.39 is 0 Å². The minimum atomic E-state index is -0.0748. The summed E-state index contributed by atoms with van der Waals surface area (Å²) < 4.78 is 0. The van der Waals surface area contributed by atoms with Crippen LogP contribution in [0.2, 0.25) is 0 Å². The van der Waals surface area contributed by atoms with Crippen LogP contribution in [-0.2, 0) is 4.79 Å². The number of benzene rings is 1. The van der Waals surface area contributed by atoms with Gasteiger partial charge in [-0.25, -0.2) is 9.97 Å². The lowest BCUT2D eigenvalue weighted by molar-refractivity contribution is -0.114. The largest absolute Gasteiger partial charge is 0.363 e. The first kappa shape index (κ1) is 14.0. The maximum atomic E-state index is 11.1. The molecule has 0 bridgehead atoms. The van der Waals surface area contributed by atoms with E-state index >= 15 is 0 Å². The molecule has 0 aliphatic heterocycles. The number of hydrogen-bond acceptors (Lipinski definition) is 4. The van der Waals surface area contributed by atoms with Gasteiger partial charge in [-0.1, -0.05) is 12.1 Å². The number of aryl methyl sites for hydroxylation is 1. The van der Waals surface area contributed by atoms with E-state index in [0.29, 0.717) is 0 Å². The second-order valence-corrected chi connectivity index (χ2v) is 4.72. The smallest absolute Gasteiger partial charge is 0.221 e. The van der Waals surface area contributed by atoms with Crippen LogP contribution in [0.15, 0.2) is 36.7 Å². The van der Waals surface area contributed by atoms with Gasteiger partial charge in [-0.15, -0.1) is 0 Å². The first-order valence-electron chi connectivity index (χ1n) is 6.47. The van der Waals surface area contributed by atoms with Crippen LogP contribution >= 0.6 is 0 Å². The van der Waals surface area contributed by atoms with Gasteiger partial charge in [0, 0.05) is 24.4 Å². The number of nitrogens with zero attached hydrogens (tertiary/aromatic N) is 2. The lowest BCUT2D eigenvalue weighted by Crippen LogP contribution is -2.10. The molecule has 1 unspecified atom stereocenters. The average molecular weight is 270 g/mol. The van der Waals surface area contributed by atoms with Crippen molar-refractivity contribution in [1.82, 2.24) is 9.97 Å². The van der Waals surface area contributed by atoms with E-state index in [-0.39, 0.29) is 11.9 Å². The highest BCUT2D eigenvalue weighted by molar-refractivity contribution is 5.88. The number of carbonyl (C=O) groups is 1. The summed E-state index contributed by atoms with van der Waals surface area (Å²) in [5, 5.41) is 6.10. The first-order chi connectivity index (χ1) is 9.54. The second kappa shape index (κ2) is 6.14. The van der Waals surface area contributed by atoms with E-state index in [9.17, 15) is 4.79 Å². The molecule has 0 aliphatic rings. The number of aromatic nitrogens is 2. The quantitative estimate of drug-likeness (QED) is 0.896. The van der Waals surface area contributed by atoms with Crippen molar-refractivity contribution in [3.63, 3.8) is 0 Å². The van der Waals surface area contributed by atoms with Crippen LogP contribution in [0.25, 0.3) is 0 Å². The van der Waals surface area contributed by atoms with Gasteiger partial charge >= 0.3 is 0 Å². The van der Waals surface area contributed by atoms with Crippen LogP contribution in [0.3, 0.4) is 0 Å². The lowest BCUT2D eigenvalue weighted by atomic mass is 10.1. The first-order valence-corrected chi connectivity index (χ1v) is 6.47. The Bertz CT molecular complexity index is 612. The molecule has 2 aromatic rings. The summed E-state index contributed by atoms with van der Waals surface area (Å²) in [5.74, 6) is 0.712. The molecule has 20 heavy (non-hydrogen) atoms. The molecule has 0 radical (unpaired) electrons. The molecule has 0 saturated carbocycles. The lowest BCUT2D eigenvalue weighted by Gasteiger charge is -2.16. The van der Waals surface area contributed by atoms with Crippen molar-refractivity contribution in [2.24, 2.45) is 0 Å². The Morgan fingerprint density at radius 2 is 2.05 bits per heavy atom. The van der Waals surface area contributed by atoms with E-state index in [2.05, 4.69) is 20.6 Å². The predicted octanol–water partition coefficient (Wildman–Crippen LogP) is 2.92. The molecule has 5 nitrogen and oxygen atoms in total. The molecular formula is C15H18N4O. The molecule has 5 heteroatoms. The van der Waals surface area contributed by atoms with E-state index in [1.54, 1.807) is 0 Å². The van der Waals surface area contributed by atoms with Gasteiger partial charge < -0.3 is 10.6 Å². The van der Waals surface area contributed by atoms with Crippen LogP contribution in [-0.4, -0.2) is 15.9 Å². The Labute approximate surface area is 118 Å². The van der Waals surface area contributed by atoms with Gasteiger partial charge in [0.2, 0.25) is 5.91 Å². The predicted molar refractivity (Wildman–Crippen MR) is 79.6 cm³/mol. The van der Waals surface area contributed by atoms with Gasteiger partial charge in [0.25, 0.3) is 0 Å². The second-order valence-electron chi connectivity index (χ2n) is 4.72. The fourth-order valence-electron chi connectivity index (χ4n) is 1.93. The Morgan fingerprint density at radius 1 is 1.25 bits per heavy atom. The molecule has 2 rings (SSSR count). The molecule has 1 atom stereocenters. The third-order valence-corrected chi connectivity index (χ3v) is 2.88. The fraction of sp³-hybridized carbons (Fsp3) is 0.267. The zero-order valence-electron chi connectivity index (χ0n) is 11.8. The summed E-state index contributed by atoms with van der Waals surface area (Å²) in [6.45, 7) is 5.47. The summed E-state index contributed by atoms with van der Waals surface area (Å²) in [7, 11) is 0. The van der Waals surface area contributed by atoms with Crippen LogP contribution in [0.5, 0.6) is 0 Å². The van der Waals surface area contributed by atoms with E-state index in [1.807, 2.05) is 44.2 Å². The van der Waals surface area contributed by atoms with Crippen molar-refractivity contribution in [1.29, 1.82) is 0 Å². The number of amides is 1. The molecule has 0 aliphatic carbocycles. The molecule has 2 N–H and O–H groups in total. The third kappa shape index (κ3) is 3.78. The zero-order chi connectivity index (χ0) is 14.5. The van der Waals surface area contributed by atoms with E-state index in [0.717, 1.165) is 22.8 Å². The number of hydrogen-bond donors (Lipinski definition) is 2. The van der Waals surface area contributed by atoms with Crippen LogP contribution in [0.1, 0.15) is 31.1 Å². The van der Waals surface area contributed by atoms with Gasteiger partial charge in [-0.2, -0.15) is 0 Å². The number of carbonyl (C=O) groups excluding carboxylic acids is 1. The van der Waals surface area contributed by atoms with Crippen molar-refractivity contribution in [2.45, 2.75) is 26.8 Å². The monoisotopic (exact) mass is 270 g/mol. The fourth-order valence-corrected chi connectivity index (χ4v) is 1.93. The highest BCUT2D eigenvalue weighted by Crippen LogP contribution is 2.20. The zero-order valence-corrected chi connectivity index (χ0v) is 11.8. The maximum Gasteiger partial charge on any atom is 0.221 e. The van der Waals surface area contributed by atoms with Gasteiger partial charge in [-0.05, 0) is 31.5 Å². The molecule has 1 amide bonds. The standard InChI is InChI=1S/C15H18N4O/c1-10-7-15(17-9-16-10)18-11(2)13-5-4-6-14(8-13)19-12(3)20/h4-9,11H,1-3H3,(H,19,20)(H,16,17,18). The van der Waals surface area contributed by atoms with E-state index in [1.165, 1.54) is 13.3 Å². The average Bonchev–Trinajstić information content (AvgIpc) is 2.38. The summed E-state index contributed by atoms with van der Waals surface area (Å²) in [6.07, 6.45) is 1.54. The molecule has 104 valence electrons. The molecule has 0 fully saturated rings. The molecule has 0 saturated heterocycles. The van der Waals surface area contributed by atoms with Crippen molar-refractivity contribution in [3.05, 3.63) is 47.9 Å². The molecular weight excluding hydrogens is 252 g/mol. The highest BCUT2D eigenvalue weighted by Gasteiger charge is 2.07. The van der Waals surface area contributed by atoms with E-state index in [4.69, 9.17) is 0 Å². The Hall–Kier alpha value is -2.43. The van der Waals surface area contributed by atoms with Crippen LogP contribution < -0.4 is 10.6 Å². The van der Waals surface area contributed by atoms with Gasteiger partial charge in [0.1, 0.15) is 12.1 Å². The summed E-state index contributed by atoms with van der Waals surface area (Å²) in [6, 6.07) is 9.73.